The molecule has 0 fully saturated rings. The number of alkyl halides is 1. The Balaban J connectivity index is 3.09. The fraction of sp³-hybridized carbons (Fsp3) is 0.769. The van der Waals surface area contributed by atoms with Crippen LogP contribution < -0.4 is 0 Å². The first-order valence-electron chi connectivity index (χ1n) is 6.17. The van der Waals surface area contributed by atoms with E-state index in [1.54, 1.807) is 0 Å². The maximum absolute atomic E-state index is 11.0. The van der Waals surface area contributed by atoms with E-state index < -0.39 is 0 Å². The Morgan fingerprint density at radius 2 is 1.81 bits per heavy atom. The molecule has 0 bridgehead atoms. The minimum absolute atomic E-state index is 0.0530. The lowest BCUT2D eigenvalue weighted by Gasteiger charge is -2.01. The van der Waals surface area contributed by atoms with E-state index in [-0.39, 0.29) is 5.97 Å². The van der Waals surface area contributed by atoms with Crippen LogP contribution in [0.25, 0.3) is 0 Å². The molecule has 3 heteroatoms. The molecule has 0 aromatic carbocycles. The monoisotopic (exact) mass is 290 g/mol. The fourth-order valence-corrected chi connectivity index (χ4v) is 1.74. The minimum atomic E-state index is -0.0530. The highest BCUT2D eigenvalue weighted by Gasteiger charge is 1.99. The molecule has 0 aliphatic rings. The second-order valence-electron chi connectivity index (χ2n) is 3.74. The molecule has 0 aromatic rings. The van der Waals surface area contributed by atoms with Crippen molar-refractivity contribution in [3.8, 4) is 0 Å². The molecule has 0 N–H and O–H groups in total. The van der Waals surface area contributed by atoms with Crippen molar-refractivity contribution in [3.63, 3.8) is 0 Å². The highest BCUT2D eigenvalue weighted by molar-refractivity contribution is 9.09. The summed E-state index contributed by atoms with van der Waals surface area (Å²) in [5, 5.41) is 0.951. The van der Waals surface area contributed by atoms with Crippen molar-refractivity contribution in [1.82, 2.24) is 0 Å². The maximum atomic E-state index is 11.0. The standard InChI is InChI=1S/C13H23BrO2/c1-2-16-13(15)11-9-7-5-3-4-6-8-10-12-14/h8,10H,2-7,9,11-12H2,1H3/b10-8+. The molecule has 2 nitrogen and oxygen atoms in total. The van der Waals surface area contributed by atoms with Gasteiger partial charge in [0.25, 0.3) is 0 Å². The van der Waals surface area contributed by atoms with E-state index in [0.717, 1.165) is 18.2 Å². The van der Waals surface area contributed by atoms with E-state index in [2.05, 4.69) is 28.1 Å². The first kappa shape index (κ1) is 15.7. The zero-order valence-electron chi connectivity index (χ0n) is 10.2. The van der Waals surface area contributed by atoms with Gasteiger partial charge in [0.2, 0.25) is 0 Å². The van der Waals surface area contributed by atoms with Crippen LogP contribution >= 0.6 is 15.9 Å². The summed E-state index contributed by atoms with van der Waals surface area (Å²) < 4.78 is 4.86. The average Bonchev–Trinajstić information content (AvgIpc) is 2.27. The smallest absolute Gasteiger partial charge is 0.305 e. The molecule has 0 rings (SSSR count). The van der Waals surface area contributed by atoms with E-state index in [1.807, 2.05) is 6.92 Å². The fourth-order valence-electron chi connectivity index (χ4n) is 1.48. The average molecular weight is 291 g/mol. The summed E-state index contributed by atoms with van der Waals surface area (Å²) in [5.74, 6) is -0.0530. The molecule has 0 amide bonds. The second-order valence-corrected chi connectivity index (χ2v) is 4.38. The Labute approximate surface area is 108 Å². The largest absolute Gasteiger partial charge is 0.466 e. The van der Waals surface area contributed by atoms with Gasteiger partial charge < -0.3 is 4.74 Å². The van der Waals surface area contributed by atoms with Gasteiger partial charge in [-0.25, -0.2) is 0 Å². The second kappa shape index (κ2) is 12.8. The van der Waals surface area contributed by atoms with Crippen molar-refractivity contribution in [2.75, 3.05) is 11.9 Å². The molecule has 0 spiro atoms. The first-order chi connectivity index (χ1) is 7.81. The van der Waals surface area contributed by atoms with Gasteiger partial charge in [-0.2, -0.15) is 0 Å². The number of hydrogen-bond acceptors (Lipinski definition) is 2. The number of esters is 1. The number of rotatable bonds is 10. The van der Waals surface area contributed by atoms with E-state index in [0.29, 0.717) is 13.0 Å². The topological polar surface area (TPSA) is 26.3 Å². The third kappa shape index (κ3) is 11.8. The third-order valence-corrected chi connectivity index (χ3v) is 2.69. The summed E-state index contributed by atoms with van der Waals surface area (Å²) in [6, 6.07) is 0. The summed E-state index contributed by atoms with van der Waals surface area (Å²) >= 11 is 3.35. The maximum Gasteiger partial charge on any atom is 0.305 e. The number of allylic oxidation sites excluding steroid dienone is 2. The van der Waals surface area contributed by atoms with Gasteiger partial charge in [0, 0.05) is 11.8 Å². The molecule has 0 radical (unpaired) electrons. The van der Waals surface area contributed by atoms with Crippen LogP contribution in [0.15, 0.2) is 12.2 Å². The van der Waals surface area contributed by atoms with Gasteiger partial charge in [-0.05, 0) is 26.2 Å². The molecule has 0 saturated heterocycles. The van der Waals surface area contributed by atoms with Gasteiger partial charge in [-0.3, -0.25) is 4.79 Å². The molecular weight excluding hydrogens is 268 g/mol. The van der Waals surface area contributed by atoms with Crippen LogP contribution in [0, 0.1) is 0 Å². The predicted octanol–water partition coefficient (Wildman–Crippen LogP) is 4.23. The Bertz CT molecular complexity index is 190. The van der Waals surface area contributed by atoms with Gasteiger partial charge >= 0.3 is 5.97 Å². The number of ether oxygens (including phenoxy) is 1. The number of unbranched alkanes of at least 4 members (excludes halogenated alkanes) is 5. The third-order valence-electron chi connectivity index (χ3n) is 2.31. The number of carbonyl (C=O) groups excluding carboxylic acids is 1. The molecular formula is C13H23BrO2. The minimum Gasteiger partial charge on any atom is -0.466 e. The number of carbonyl (C=O) groups is 1. The van der Waals surface area contributed by atoms with Gasteiger partial charge in [0.1, 0.15) is 0 Å². The summed E-state index contributed by atoms with van der Waals surface area (Å²) in [4.78, 5) is 11.0. The molecule has 0 saturated carbocycles. The normalized spacial score (nSPS) is 10.9. The summed E-state index contributed by atoms with van der Waals surface area (Å²) in [5.41, 5.74) is 0. The Kier molecular flexibility index (Phi) is 12.5. The van der Waals surface area contributed by atoms with Crippen molar-refractivity contribution in [3.05, 3.63) is 12.2 Å². The van der Waals surface area contributed by atoms with E-state index in [1.165, 1.54) is 25.7 Å². The van der Waals surface area contributed by atoms with E-state index in [4.69, 9.17) is 4.74 Å². The van der Waals surface area contributed by atoms with Crippen molar-refractivity contribution < 1.29 is 9.53 Å². The van der Waals surface area contributed by atoms with Crippen LogP contribution in [0.2, 0.25) is 0 Å². The van der Waals surface area contributed by atoms with Gasteiger partial charge in [0.05, 0.1) is 6.61 Å². The number of hydrogen-bond donors (Lipinski definition) is 0. The van der Waals surface area contributed by atoms with Crippen molar-refractivity contribution >= 4 is 21.9 Å². The Morgan fingerprint density at radius 1 is 1.12 bits per heavy atom. The zero-order valence-corrected chi connectivity index (χ0v) is 11.8. The van der Waals surface area contributed by atoms with Crippen LogP contribution in [0.5, 0.6) is 0 Å². The van der Waals surface area contributed by atoms with Crippen LogP contribution in [0.1, 0.15) is 51.9 Å². The summed E-state index contributed by atoms with van der Waals surface area (Å²) in [6.07, 6.45) is 12.0. The van der Waals surface area contributed by atoms with Crippen LogP contribution in [-0.2, 0) is 9.53 Å². The molecule has 16 heavy (non-hydrogen) atoms. The van der Waals surface area contributed by atoms with Gasteiger partial charge in [-0.1, -0.05) is 47.3 Å². The van der Waals surface area contributed by atoms with Gasteiger partial charge in [-0.15, -0.1) is 0 Å². The number of halogens is 1. The predicted molar refractivity (Wildman–Crippen MR) is 71.9 cm³/mol. The lowest BCUT2D eigenvalue weighted by molar-refractivity contribution is -0.143. The molecule has 0 unspecified atom stereocenters. The van der Waals surface area contributed by atoms with Crippen LogP contribution in [-0.4, -0.2) is 17.9 Å². The molecule has 0 heterocycles. The van der Waals surface area contributed by atoms with E-state index in [9.17, 15) is 4.79 Å². The van der Waals surface area contributed by atoms with Gasteiger partial charge in [0.15, 0.2) is 0 Å². The molecule has 0 aliphatic heterocycles. The summed E-state index contributed by atoms with van der Waals surface area (Å²) in [7, 11) is 0. The lowest BCUT2D eigenvalue weighted by Crippen LogP contribution is -2.03. The SMILES string of the molecule is CCOC(=O)CCCCCCC/C=C/CBr. The quantitative estimate of drug-likeness (QED) is 0.260. The lowest BCUT2D eigenvalue weighted by atomic mass is 10.1. The zero-order chi connectivity index (χ0) is 12.1. The molecule has 0 aromatic heterocycles. The Hall–Kier alpha value is -0.310. The highest BCUT2D eigenvalue weighted by atomic mass is 79.9. The highest BCUT2D eigenvalue weighted by Crippen LogP contribution is 2.08. The first-order valence-corrected chi connectivity index (χ1v) is 7.30. The molecule has 0 aliphatic carbocycles. The van der Waals surface area contributed by atoms with Crippen molar-refractivity contribution in [2.24, 2.45) is 0 Å². The molecule has 0 atom stereocenters. The van der Waals surface area contributed by atoms with Crippen LogP contribution in [0.3, 0.4) is 0 Å². The van der Waals surface area contributed by atoms with Crippen molar-refractivity contribution in [1.29, 1.82) is 0 Å². The van der Waals surface area contributed by atoms with Crippen molar-refractivity contribution in [2.45, 2.75) is 51.9 Å². The van der Waals surface area contributed by atoms with Crippen LogP contribution in [0.4, 0.5) is 0 Å². The molecule has 94 valence electrons. The summed E-state index contributed by atoms with van der Waals surface area (Å²) in [6.45, 7) is 2.34. The van der Waals surface area contributed by atoms with E-state index >= 15 is 0 Å². The Morgan fingerprint density at radius 3 is 2.50 bits per heavy atom.